The van der Waals surface area contributed by atoms with Gasteiger partial charge in [-0.15, -0.1) is 0 Å². The third kappa shape index (κ3) is 3.76. The number of anilines is 1. The van der Waals surface area contributed by atoms with Crippen molar-refractivity contribution in [1.29, 1.82) is 0 Å². The zero-order valence-corrected chi connectivity index (χ0v) is 16.1. The van der Waals surface area contributed by atoms with E-state index in [1.807, 2.05) is 4.90 Å². The van der Waals surface area contributed by atoms with Gasteiger partial charge in [-0.25, -0.2) is 21.2 Å². The molecule has 0 aliphatic carbocycles. The second-order valence-corrected chi connectivity index (χ2v) is 10.6. The Morgan fingerprint density at radius 3 is 2.19 bits per heavy atom. The van der Waals surface area contributed by atoms with Crippen molar-refractivity contribution in [3.05, 3.63) is 53.8 Å². The zero-order chi connectivity index (χ0) is 19.1. The van der Waals surface area contributed by atoms with Crippen LogP contribution in [-0.4, -0.2) is 35.9 Å². The highest BCUT2D eigenvalue weighted by Crippen LogP contribution is 2.39. The normalized spacial score (nSPS) is 18.3. The fourth-order valence-corrected chi connectivity index (χ4v) is 4.97. The highest BCUT2D eigenvalue weighted by molar-refractivity contribution is 7.91. The summed E-state index contributed by atoms with van der Waals surface area (Å²) in [4.78, 5) is 1.92. The van der Waals surface area contributed by atoms with Crippen molar-refractivity contribution in [1.82, 2.24) is 0 Å². The lowest BCUT2D eigenvalue weighted by atomic mass is 10.0. The molecular weight excluding hydrogens is 377 g/mol. The minimum absolute atomic E-state index is 0.00515. The van der Waals surface area contributed by atoms with Gasteiger partial charge in [-0.05, 0) is 48.7 Å². The van der Waals surface area contributed by atoms with Crippen LogP contribution in [0, 0.1) is 5.82 Å². The molecule has 0 spiro atoms. The van der Waals surface area contributed by atoms with Gasteiger partial charge in [0.15, 0.2) is 19.7 Å². The number of sulfone groups is 2. The van der Waals surface area contributed by atoms with Gasteiger partial charge in [-0.3, -0.25) is 0 Å². The highest BCUT2D eigenvalue weighted by atomic mass is 32.2. The van der Waals surface area contributed by atoms with Gasteiger partial charge in [0.1, 0.15) is 5.82 Å². The molecule has 2 aromatic carbocycles. The van der Waals surface area contributed by atoms with E-state index in [2.05, 4.69) is 0 Å². The Kier molecular flexibility index (Phi) is 4.83. The molecule has 1 aliphatic heterocycles. The van der Waals surface area contributed by atoms with Crippen molar-refractivity contribution in [2.75, 3.05) is 24.0 Å². The lowest BCUT2D eigenvalue weighted by molar-refractivity contribution is 0.599. The van der Waals surface area contributed by atoms with Crippen LogP contribution in [0.5, 0.6) is 0 Å². The smallest absolute Gasteiger partial charge is 0.177 e. The van der Waals surface area contributed by atoms with Crippen molar-refractivity contribution in [2.45, 2.75) is 28.7 Å². The fraction of sp³-hybridized carbons (Fsp3) is 0.333. The molecule has 2 aromatic rings. The van der Waals surface area contributed by atoms with Crippen LogP contribution < -0.4 is 4.90 Å². The Balaban J connectivity index is 2.11. The summed E-state index contributed by atoms with van der Waals surface area (Å²) in [6, 6.07) is 10.3. The Hall–Kier alpha value is -1.93. The molecule has 3 rings (SSSR count). The first-order chi connectivity index (χ1) is 12.1. The molecule has 140 valence electrons. The summed E-state index contributed by atoms with van der Waals surface area (Å²) in [6.07, 6.45) is 3.79. The lowest BCUT2D eigenvalue weighted by Crippen LogP contribution is -2.24. The van der Waals surface area contributed by atoms with E-state index >= 15 is 0 Å². The maximum absolute atomic E-state index is 13.2. The highest BCUT2D eigenvalue weighted by Gasteiger charge is 2.30. The van der Waals surface area contributed by atoms with Crippen molar-refractivity contribution in [3.8, 4) is 0 Å². The van der Waals surface area contributed by atoms with Crippen LogP contribution in [0.2, 0.25) is 0 Å². The van der Waals surface area contributed by atoms with Gasteiger partial charge >= 0.3 is 0 Å². The van der Waals surface area contributed by atoms with Crippen LogP contribution >= 0.6 is 0 Å². The molecule has 1 fully saturated rings. The number of hydrogen-bond donors (Lipinski definition) is 0. The number of nitrogens with zero attached hydrogens (tertiary/aromatic N) is 1. The summed E-state index contributed by atoms with van der Waals surface area (Å²) in [5.41, 5.74) is 1.38. The van der Waals surface area contributed by atoms with Gasteiger partial charge in [0.25, 0.3) is 0 Å². The van der Waals surface area contributed by atoms with Gasteiger partial charge in [0.2, 0.25) is 0 Å². The topological polar surface area (TPSA) is 71.5 Å². The van der Waals surface area contributed by atoms with E-state index < -0.39 is 19.7 Å². The van der Waals surface area contributed by atoms with Gasteiger partial charge in [0.05, 0.1) is 21.5 Å². The van der Waals surface area contributed by atoms with Crippen LogP contribution in [0.15, 0.2) is 52.3 Å². The summed E-state index contributed by atoms with van der Waals surface area (Å²) >= 11 is 0. The van der Waals surface area contributed by atoms with Crippen LogP contribution in [-0.2, 0) is 19.7 Å². The van der Waals surface area contributed by atoms with E-state index in [0.29, 0.717) is 12.2 Å². The van der Waals surface area contributed by atoms with Gasteiger partial charge in [0, 0.05) is 19.1 Å². The summed E-state index contributed by atoms with van der Waals surface area (Å²) in [5, 5.41) is 0. The molecule has 0 radical (unpaired) electrons. The maximum atomic E-state index is 13.2. The van der Waals surface area contributed by atoms with Crippen LogP contribution in [0.4, 0.5) is 10.1 Å². The molecule has 1 aliphatic rings. The molecule has 0 amide bonds. The predicted molar refractivity (Wildman–Crippen MR) is 98.4 cm³/mol. The van der Waals surface area contributed by atoms with Crippen molar-refractivity contribution in [3.63, 3.8) is 0 Å². The summed E-state index contributed by atoms with van der Waals surface area (Å²) < 4.78 is 61.5. The molecule has 5 nitrogen and oxygen atoms in total. The molecule has 0 saturated carbocycles. The van der Waals surface area contributed by atoms with E-state index in [0.717, 1.165) is 30.9 Å². The number of benzene rings is 2. The average Bonchev–Trinajstić information content (AvgIpc) is 3.02. The van der Waals surface area contributed by atoms with Gasteiger partial charge in [-0.1, -0.05) is 12.1 Å². The quantitative estimate of drug-likeness (QED) is 0.793. The molecule has 1 heterocycles. The third-order valence-electron chi connectivity index (χ3n) is 4.58. The monoisotopic (exact) mass is 397 g/mol. The summed E-state index contributed by atoms with van der Waals surface area (Å²) in [6.45, 7) is 0.642. The van der Waals surface area contributed by atoms with E-state index in [1.54, 1.807) is 18.2 Å². The van der Waals surface area contributed by atoms with Crippen LogP contribution in [0.25, 0.3) is 0 Å². The molecular formula is C18H20FNO4S2. The van der Waals surface area contributed by atoms with Crippen molar-refractivity contribution < 1.29 is 21.2 Å². The first-order valence-corrected chi connectivity index (χ1v) is 11.9. The van der Waals surface area contributed by atoms with E-state index in [-0.39, 0.29) is 21.7 Å². The molecule has 26 heavy (non-hydrogen) atoms. The summed E-state index contributed by atoms with van der Waals surface area (Å²) in [7, 11) is -7.15. The van der Waals surface area contributed by atoms with Crippen LogP contribution in [0.1, 0.15) is 24.4 Å². The molecule has 1 saturated heterocycles. The second-order valence-electron chi connectivity index (χ2n) is 6.58. The van der Waals surface area contributed by atoms with E-state index in [9.17, 15) is 21.2 Å². The molecule has 0 aromatic heterocycles. The maximum Gasteiger partial charge on any atom is 0.177 e. The lowest BCUT2D eigenvalue weighted by Gasteiger charge is -2.29. The molecule has 0 unspecified atom stereocenters. The molecule has 8 heteroatoms. The van der Waals surface area contributed by atoms with E-state index in [1.165, 1.54) is 24.3 Å². The summed E-state index contributed by atoms with van der Waals surface area (Å²) in [5.74, 6) is -0.326. The minimum Gasteiger partial charge on any atom is -0.363 e. The SMILES string of the molecule is CS(=O)(=O)c1ccc(N2CCC[C@@H]2c2ccc(F)cc2)c(S(C)(=O)=O)c1. The second kappa shape index (κ2) is 6.66. The number of halogens is 1. The third-order valence-corrected chi connectivity index (χ3v) is 6.81. The molecule has 1 atom stereocenters. The van der Waals surface area contributed by atoms with Crippen molar-refractivity contribution >= 4 is 25.4 Å². The predicted octanol–water partition coefficient (Wildman–Crippen LogP) is 2.97. The van der Waals surface area contributed by atoms with E-state index in [4.69, 9.17) is 0 Å². The number of hydrogen-bond acceptors (Lipinski definition) is 5. The average molecular weight is 397 g/mol. The van der Waals surface area contributed by atoms with Gasteiger partial charge < -0.3 is 4.90 Å². The zero-order valence-electron chi connectivity index (χ0n) is 14.5. The first-order valence-electron chi connectivity index (χ1n) is 8.13. The standard InChI is InChI=1S/C18H20FNO4S2/c1-25(21,22)15-9-10-17(18(12-15)26(2,23)24)20-11-3-4-16(20)13-5-7-14(19)8-6-13/h5-10,12,16H,3-4,11H2,1-2H3/t16-/m1/s1. The first kappa shape index (κ1) is 18.8. The largest absolute Gasteiger partial charge is 0.363 e. The van der Waals surface area contributed by atoms with Crippen LogP contribution in [0.3, 0.4) is 0 Å². The molecule has 0 N–H and O–H groups in total. The molecule has 0 bridgehead atoms. The Morgan fingerprint density at radius 2 is 1.62 bits per heavy atom. The minimum atomic E-state index is -3.63. The van der Waals surface area contributed by atoms with Crippen molar-refractivity contribution in [2.24, 2.45) is 0 Å². The Bertz CT molecular complexity index is 1030. The Labute approximate surface area is 153 Å². The van der Waals surface area contributed by atoms with Gasteiger partial charge in [-0.2, -0.15) is 0 Å². The number of rotatable bonds is 4. The Morgan fingerprint density at radius 1 is 0.962 bits per heavy atom. The fourth-order valence-electron chi connectivity index (χ4n) is 3.35.